The number of fused-ring (bicyclic) bond motifs is 1. The average molecular weight is 406 g/mol. The number of halogens is 1. The molecule has 3 aromatic rings. The van der Waals surface area contributed by atoms with Gasteiger partial charge in [0, 0.05) is 21.7 Å². The number of methoxy groups -OCH3 is 1. The van der Waals surface area contributed by atoms with Crippen molar-refractivity contribution >= 4 is 28.8 Å². The van der Waals surface area contributed by atoms with Crippen molar-refractivity contribution in [3.63, 3.8) is 0 Å². The Morgan fingerprint density at radius 1 is 0.897 bits per heavy atom. The second-order valence-electron chi connectivity index (χ2n) is 6.38. The van der Waals surface area contributed by atoms with Crippen LogP contribution >= 0.6 is 11.6 Å². The zero-order chi connectivity index (χ0) is 20.2. The molecule has 0 aliphatic carbocycles. The van der Waals surface area contributed by atoms with Gasteiger partial charge < -0.3 is 9.47 Å². The molecular weight excluding hydrogens is 386 g/mol. The Morgan fingerprint density at radius 3 is 2.28 bits per heavy atom. The van der Waals surface area contributed by atoms with Crippen molar-refractivity contribution in [2.24, 2.45) is 10.1 Å². The fourth-order valence-electron chi connectivity index (χ4n) is 3.08. The van der Waals surface area contributed by atoms with E-state index in [-0.39, 0.29) is 0 Å². The molecule has 0 radical (unpaired) electrons. The SMILES string of the molecule is CCOc1ccc2c(c1)C(c1ccc(OC)cc1)=NNC(c1ccc(Cl)cc1)=N2. The highest BCUT2D eigenvalue weighted by molar-refractivity contribution is 6.30. The lowest BCUT2D eigenvalue weighted by molar-refractivity contribution is 0.340. The molecule has 0 bridgehead atoms. The molecule has 5 nitrogen and oxygen atoms in total. The van der Waals surface area contributed by atoms with Crippen LogP contribution in [0.2, 0.25) is 5.02 Å². The van der Waals surface area contributed by atoms with Crippen LogP contribution in [0, 0.1) is 0 Å². The Kier molecular flexibility index (Phi) is 5.49. The van der Waals surface area contributed by atoms with Crippen LogP contribution in [0.4, 0.5) is 5.69 Å². The van der Waals surface area contributed by atoms with Crippen molar-refractivity contribution < 1.29 is 9.47 Å². The number of nitrogens with zero attached hydrogens (tertiary/aromatic N) is 2. The molecule has 0 spiro atoms. The summed E-state index contributed by atoms with van der Waals surface area (Å²) >= 11 is 6.03. The van der Waals surface area contributed by atoms with E-state index in [2.05, 4.69) is 10.5 Å². The van der Waals surface area contributed by atoms with Crippen LogP contribution in [0.25, 0.3) is 0 Å². The Hall–Kier alpha value is -3.31. The Balaban J connectivity index is 1.83. The lowest BCUT2D eigenvalue weighted by atomic mass is 10.0. The molecule has 1 N–H and O–H groups in total. The lowest BCUT2D eigenvalue weighted by Gasteiger charge is -2.11. The molecular formula is C23H20ClN3O2. The highest BCUT2D eigenvalue weighted by Gasteiger charge is 2.18. The summed E-state index contributed by atoms with van der Waals surface area (Å²) in [7, 11) is 1.65. The monoisotopic (exact) mass is 405 g/mol. The van der Waals surface area contributed by atoms with Gasteiger partial charge in [0.15, 0.2) is 5.84 Å². The standard InChI is InChI=1S/C23H20ClN3O2/c1-3-29-19-12-13-21-20(14-19)22(15-6-10-18(28-2)11-7-15)26-27-23(25-21)16-4-8-17(24)9-5-16/h4-14H,3H2,1-2H3,(H,25,27). The maximum atomic E-state index is 6.03. The highest BCUT2D eigenvalue weighted by atomic mass is 35.5. The normalized spacial score (nSPS) is 12.8. The van der Waals surface area contributed by atoms with Crippen molar-refractivity contribution in [2.75, 3.05) is 13.7 Å². The lowest BCUT2D eigenvalue weighted by Crippen LogP contribution is -2.19. The first-order chi connectivity index (χ1) is 14.2. The summed E-state index contributed by atoms with van der Waals surface area (Å²) in [5.41, 5.74) is 7.42. The number of aliphatic imine (C=N–C) groups is 1. The summed E-state index contributed by atoms with van der Waals surface area (Å²) in [5.74, 6) is 2.21. The van der Waals surface area contributed by atoms with E-state index in [0.29, 0.717) is 17.5 Å². The third kappa shape index (κ3) is 4.10. The maximum Gasteiger partial charge on any atom is 0.154 e. The van der Waals surface area contributed by atoms with Gasteiger partial charge >= 0.3 is 0 Å². The Bertz CT molecular complexity index is 1070. The van der Waals surface area contributed by atoms with Gasteiger partial charge in [-0.15, -0.1) is 0 Å². The van der Waals surface area contributed by atoms with Crippen LogP contribution in [0.5, 0.6) is 11.5 Å². The molecule has 0 aromatic heterocycles. The molecule has 0 saturated carbocycles. The molecule has 1 aliphatic rings. The molecule has 0 amide bonds. The second-order valence-corrected chi connectivity index (χ2v) is 6.82. The first-order valence-corrected chi connectivity index (χ1v) is 9.65. The van der Waals surface area contributed by atoms with E-state index in [1.165, 1.54) is 0 Å². The average Bonchev–Trinajstić information content (AvgIpc) is 2.94. The van der Waals surface area contributed by atoms with Crippen molar-refractivity contribution in [3.05, 3.63) is 88.4 Å². The van der Waals surface area contributed by atoms with Crippen LogP contribution in [0.15, 0.2) is 76.8 Å². The van der Waals surface area contributed by atoms with Gasteiger partial charge in [0.2, 0.25) is 0 Å². The first-order valence-electron chi connectivity index (χ1n) is 9.28. The summed E-state index contributed by atoms with van der Waals surface area (Å²) in [6.07, 6.45) is 0. The highest BCUT2D eigenvalue weighted by Crippen LogP contribution is 2.30. The molecule has 0 saturated heterocycles. The van der Waals surface area contributed by atoms with Gasteiger partial charge in [0.1, 0.15) is 17.2 Å². The van der Waals surface area contributed by atoms with Crippen molar-refractivity contribution in [2.45, 2.75) is 6.92 Å². The molecule has 4 rings (SSSR count). The van der Waals surface area contributed by atoms with Gasteiger partial charge in [-0.3, -0.25) is 5.43 Å². The van der Waals surface area contributed by atoms with E-state index in [1.54, 1.807) is 7.11 Å². The topological polar surface area (TPSA) is 55.2 Å². The molecule has 0 fully saturated rings. The predicted molar refractivity (Wildman–Crippen MR) is 117 cm³/mol. The minimum Gasteiger partial charge on any atom is -0.497 e. The summed E-state index contributed by atoms with van der Waals surface area (Å²) in [5, 5.41) is 5.35. The van der Waals surface area contributed by atoms with Gasteiger partial charge in [-0.25, -0.2) is 4.99 Å². The number of amidine groups is 1. The van der Waals surface area contributed by atoms with E-state index in [9.17, 15) is 0 Å². The molecule has 6 heteroatoms. The summed E-state index contributed by atoms with van der Waals surface area (Å²) in [4.78, 5) is 4.82. The summed E-state index contributed by atoms with van der Waals surface area (Å²) in [6.45, 7) is 2.55. The number of rotatable bonds is 5. The number of ether oxygens (including phenoxy) is 2. The maximum absolute atomic E-state index is 6.03. The van der Waals surface area contributed by atoms with Gasteiger partial charge in [-0.1, -0.05) is 11.6 Å². The van der Waals surface area contributed by atoms with Gasteiger partial charge in [0.05, 0.1) is 19.4 Å². The smallest absolute Gasteiger partial charge is 0.154 e. The third-order valence-corrected chi connectivity index (χ3v) is 4.77. The number of hydrazone groups is 1. The van der Waals surface area contributed by atoms with Gasteiger partial charge in [-0.2, -0.15) is 5.10 Å². The van der Waals surface area contributed by atoms with E-state index in [0.717, 1.165) is 39.6 Å². The molecule has 146 valence electrons. The van der Waals surface area contributed by atoms with E-state index in [1.807, 2.05) is 73.7 Å². The molecule has 29 heavy (non-hydrogen) atoms. The number of nitrogens with one attached hydrogen (secondary N) is 1. The minimum atomic E-state index is 0.589. The van der Waals surface area contributed by atoms with Crippen LogP contribution in [0.3, 0.4) is 0 Å². The number of benzene rings is 3. The minimum absolute atomic E-state index is 0.589. The zero-order valence-corrected chi connectivity index (χ0v) is 16.9. The molecule has 0 unspecified atom stereocenters. The van der Waals surface area contributed by atoms with E-state index in [4.69, 9.17) is 26.1 Å². The van der Waals surface area contributed by atoms with Crippen LogP contribution in [0.1, 0.15) is 23.6 Å². The van der Waals surface area contributed by atoms with Crippen LogP contribution < -0.4 is 14.9 Å². The summed E-state index contributed by atoms with van der Waals surface area (Å²) in [6, 6.07) is 21.1. The van der Waals surface area contributed by atoms with E-state index >= 15 is 0 Å². The number of hydrogen-bond donors (Lipinski definition) is 1. The molecule has 1 aliphatic heterocycles. The van der Waals surface area contributed by atoms with Crippen LogP contribution in [-0.4, -0.2) is 25.3 Å². The Labute approximate surface area is 174 Å². The quantitative estimate of drug-likeness (QED) is 0.636. The summed E-state index contributed by atoms with van der Waals surface area (Å²) < 4.78 is 11.0. The second kappa shape index (κ2) is 8.37. The largest absolute Gasteiger partial charge is 0.497 e. The fraction of sp³-hybridized carbons (Fsp3) is 0.130. The third-order valence-electron chi connectivity index (χ3n) is 4.52. The zero-order valence-electron chi connectivity index (χ0n) is 16.1. The molecule has 0 atom stereocenters. The van der Waals surface area contributed by atoms with Gasteiger partial charge in [-0.05, 0) is 73.7 Å². The van der Waals surface area contributed by atoms with Crippen molar-refractivity contribution in [1.29, 1.82) is 0 Å². The van der Waals surface area contributed by atoms with E-state index < -0.39 is 0 Å². The molecule has 1 heterocycles. The molecule has 3 aromatic carbocycles. The fourth-order valence-corrected chi connectivity index (χ4v) is 3.21. The Morgan fingerprint density at radius 2 is 1.59 bits per heavy atom. The predicted octanol–water partition coefficient (Wildman–Crippen LogP) is 5.18. The van der Waals surface area contributed by atoms with Crippen molar-refractivity contribution in [1.82, 2.24) is 5.43 Å². The van der Waals surface area contributed by atoms with Gasteiger partial charge in [0.25, 0.3) is 0 Å². The van der Waals surface area contributed by atoms with Crippen LogP contribution in [-0.2, 0) is 0 Å². The van der Waals surface area contributed by atoms with Crippen molar-refractivity contribution in [3.8, 4) is 11.5 Å². The first kappa shape index (κ1) is 19.0. The number of hydrogen-bond acceptors (Lipinski definition) is 5.